The third-order valence-electron chi connectivity index (χ3n) is 4.49. The van der Waals surface area contributed by atoms with E-state index in [4.69, 9.17) is 9.73 Å². The van der Waals surface area contributed by atoms with Crippen LogP contribution in [0, 0.1) is 5.41 Å². The van der Waals surface area contributed by atoms with Crippen molar-refractivity contribution in [3.8, 4) is 0 Å². The van der Waals surface area contributed by atoms with Crippen molar-refractivity contribution in [2.45, 2.75) is 39.8 Å². The number of nitrogens with zero attached hydrogens (tertiary/aromatic N) is 3. The number of rotatable bonds is 3. The summed E-state index contributed by atoms with van der Waals surface area (Å²) in [5.74, 6) is -0.365. The van der Waals surface area contributed by atoms with Gasteiger partial charge in [0.1, 0.15) is 0 Å². The summed E-state index contributed by atoms with van der Waals surface area (Å²) in [5, 5.41) is 0.882. The quantitative estimate of drug-likeness (QED) is 0.785. The number of methoxy groups -OCH3 is 1. The minimum absolute atomic E-state index is 0.00150. The minimum atomic E-state index is -0.365. The number of benzene rings is 1. The standard InChI is InChI=1S/C20H25N3O3/c1-20(2,3)12-23-16-10-9-15(21-17(16)22(4)19(23)25)13-7-6-8-14(11-13)18(24)26-5/h6-8,10-11,15H,9,12H2,1-5H3/t15-/m1/s1. The number of ether oxygens (including phenoxy) is 1. The normalized spacial score (nSPS) is 16.4. The molecule has 26 heavy (non-hydrogen) atoms. The van der Waals surface area contributed by atoms with Crippen molar-refractivity contribution in [1.29, 1.82) is 0 Å². The molecule has 3 rings (SSSR count). The van der Waals surface area contributed by atoms with E-state index in [0.717, 1.165) is 10.9 Å². The summed E-state index contributed by atoms with van der Waals surface area (Å²) in [4.78, 5) is 29.2. The van der Waals surface area contributed by atoms with E-state index in [9.17, 15) is 9.59 Å². The fourth-order valence-corrected chi connectivity index (χ4v) is 3.27. The highest BCUT2D eigenvalue weighted by Crippen LogP contribution is 2.23. The number of fused-ring (bicyclic) bond motifs is 1. The summed E-state index contributed by atoms with van der Waals surface area (Å²) in [7, 11) is 3.12. The molecule has 0 spiro atoms. The average molecular weight is 355 g/mol. The number of esters is 1. The first kappa shape index (κ1) is 18.2. The van der Waals surface area contributed by atoms with Crippen LogP contribution in [0.2, 0.25) is 0 Å². The second kappa shape index (κ2) is 6.59. The molecular formula is C20H25N3O3. The molecule has 0 bridgehead atoms. The van der Waals surface area contributed by atoms with E-state index in [1.807, 2.05) is 18.2 Å². The van der Waals surface area contributed by atoms with Crippen molar-refractivity contribution in [3.63, 3.8) is 0 Å². The molecule has 0 fully saturated rings. The second-order valence-electron chi connectivity index (χ2n) is 7.90. The molecule has 0 radical (unpaired) electrons. The highest BCUT2D eigenvalue weighted by molar-refractivity contribution is 5.89. The van der Waals surface area contributed by atoms with Gasteiger partial charge in [-0.2, -0.15) is 0 Å². The maximum Gasteiger partial charge on any atom is 0.337 e. The monoisotopic (exact) mass is 355 g/mol. The lowest BCUT2D eigenvalue weighted by Crippen LogP contribution is -2.38. The second-order valence-corrected chi connectivity index (χ2v) is 7.90. The predicted molar refractivity (Wildman–Crippen MR) is 99.5 cm³/mol. The van der Waals surface area contributed by atoms with Gasteiger partial charge in [0.2, 0.25) is 0 Å². The first-order valence-electron chi connectivity index (χ1n) is 8.73. The molecular weight excluding hydrogens is 330 g/mol. The third kappa shape index (κ3) is 3.36. The van der Waals surface area contributed by atoms with Crippen molar-refractivity contribution in [1.82, 2.24) is 9.13 Å². The fraction of sp³-hybridized carbons (Fsp3) is 0.450. The Morgan fingerprint density at radius 1 is 1.35 bits per heavy atom. The zero-order valence-electron chi connectivity index (χ0n) is 15.9. The molecule has 1 aliphatic heterocycles. The van der Waals surface area contributed by atoms with Gasteiger partial charge in [-0.25, -0.2) is 9.59 Å². The van der Waals surface area contributed by atoms with Crippen molar-refractivity contribution >= 4 is 12.0 Å². The molecule has 0 aliphatic carbocycles. The molecule has 1 aliphatic rings. The largest absolute Gasteiger partial charge is 0.465 e. The Labute approximate surface area is 152 Å². The first-order chi connectivity index (χ1) is 12.2. The van der Waals surface area contributed by atoms with Gasteiger partial charge < -0.3 is 4.74 Å². The maximum absolute atomic E-state index is 12.6. The van der Waals surface area contributed by atoms with Crippen molar-refractivity contribution in [2.75, 3.05) is 7.11 Å². The number of aromatic nitrogens is 2. The Balaban J connectivity index is 2.06. The molecule has 6 nitrogen and oxygen atoms in total. The zero-order chi connectivity index (χ0) is 19.1. The molecule has 138 valence electrons. The highest BCUT2D eigenvalue weighted by Gasteiger charge is 2.21. The van der Waals surface area contributed by atoms with E-state index in [2.05, 4.69) is 26.8 Å². The predicted octanol–water partition coefficient (Wildman–Crippen LogP) is 1.56. The molecule has 0 amide bonds. The van der Waals surface area contributed by atoms with Crippen LogP contribution in [-0.2, 0) is 18.3 Å². The van der Waals surface area contributed by atoms with Crippen molar-refractivity contribution < 1.29 is 9.53 Å². The summed E-state index contributed by atoms with van der Waals surface area (Å²) < 4.78 is 8.20. The maximum atomic E-state index is 12.6. The van der Waals surface area contributed by atoms with Crippen LogP contribution in [0.4, 0.5) is 0 Å². The van der Waals surface area contributed by atoms with Crippen LogP contribution in [0.25, 0.3) is 6.08 Å². The van der Waals surface area contributed by atoms with E-state index in [1.165, 1.54) is 7.11 Å². The van der Waals surface area contributed by atoms with Crippen LogP contribution < -0.4 is 16.5 Å². The van der Waals surface area contributed by atoms with E-state index >= 15 is 0 Å². The Bertz CT molecular complexity index is 1020. The van der Waals surface area contributed by atoms with Gasteiger partial charge in [-0.1, -0.05) is 39.0 Å². The summed E-state index contributed by atoms with van der Waals surface area (Å²) >= 11 is 0. The third-order valence-corrected chi connectivity index (χ3v) is 4.49. The van der Waals surface area contributed by atoms with Gasteiger partial charge in [-0.3, -0.25) is 14.1 Å². The van der Waals surface area contributed by atoms with Crippen LogP contribution in [0.3, 0.4) is 0 Å². The van der Waals surface area contributed by atoms with Gasteiger partial charge >= 0.3 is 11.7 Å². The Kier molecular flexibility index (Phi) is 4.61. The lowest BCUT2D eigenvalue weighted by Gasteiger charge is -2.19. The van der Waals surface area contributed by atoms with Gasteiger partial charge in [-0.05, 0) is 29.5 Å². The van der Waals surface area contributed by atoms with Crippen LogP contribution in [-0.4, -0.2) is 22.2 Å². The number of hydrogen-bond acceptors (Lipinski definition) is 4. The van der Waals surface area contributed by atoms with Gasteiger partial charge in [0.05, 0.1) is 24.1 Å². The van der Waals surface area contributed by atoms with Crippen molar-refractivity contribution in [3.05, 3.63) is 56.7 Å². The number of carbonyl (C=O) groups is 1. The highest BCUT2D eigenvalue weighted by atomic mass is 16.5. The van der Waals surface area contributed by atoms with Crippen LogP contribution in [0.5, 0.6) is 0 Å². The molecule has 0 saturated carbocycles. The van der Waals surface area contributed by atoms with Crippen LogP contribution >= 0.6 is 0 Å². The molecule has 0 saturated heterocycles. The average Bonchev–Trinajstić information content (AvgIpc) is 2.84. The Morgan fingerprint density at radius 2 is 2.08 bits per heavy atom. The lowest BCUT2D eigenvalue weighted by molar-refractivity contribution is 0.0600. The molecule has 2 heterocycles. The minimum Gasteiger partial charge on any atom is -0.465 e. The lowest BCUT2D eigenvalue weighted by atomic mass is 9.97. The van der Waals surface area contributed by atoms with E-state index < -0.39 is 0 Å². The molecule has 1 aromatic carbocycles. The van der Waals surface area contributed by atoms with Gasteiger partial charge in [0, 0.05) is 13.6 Å². The molecule has 1 atom stereocenters. The van der Waals surface area contributed by atoms with E-state index in [0.29, 0.717) is 24.0 Å². The summed E-state index contributed by atoms with van der Waals surface area (Å²) in [6.07, 6.45) is 2.76. The molecule has 1 aromatic heterocycles. The zero-order valence-corrected chi connectivity index (χ0v) is 15.9. The molecule has 6 heteroatoms. The number of carbonyl (C=O) groups excluding carboxylic acids is 1. The molecule has 2 aromatic rings. The van der Waals surface area contributed by atoms with Crippen molar-refractivity contribution in [2.24, 2.45) is 17.5 Å². The summed E-state index contributed by atoms with van der Waals surface area (Å²) in [5.41, 5.74) is 2.09. The van der Waals surface area contributed by atoms with E-state index in [1.54, 1.807) is 22.2 Å². The number of imidazole rings is 1. The van der Waals surface area contributed by atoms with Gasteiger partial charge in [-0.15, -0.1) is 0 Å². The topological polar surface area (TPSA) is 65.6 Å². The molecule has 0 N–H and O–H groups in total. The Morgan fingerprint density at radius 3 is 2.73 bits per heavy atom. The van der Waals surface area contributed by atoms with E-state index in [-0.39, 0.29) is 23.1 Å². The number of hydrogen-bond donors (Lipinski definition) is 0. The Hall–Kier alpha value is -2.63. The smallest absolute Gasteiger partial charge is 0.337 e. The fourth-order valence-electron chi connectivity index (χ4n) is 3.27. The SMILES string of the molecule is COC(=O)c1cccc([C@H]2CC=c3c(n(C)c(=O)n3CC(C)(C)C)=N2)c1. The summed E-state index contributed by atoms with van der Waals surface area (Å²) in [6, 6.07) is 7.19. The van der Waals surface area contributed by atoms with Crippen LogP contribution in [0.15, 0.2) is 34.1 Å². The first-order valence-corrected chi connectivity index (χ1v) is 8.73. The van der Waals surface area contributed by atoms with Crippen LogP contribution in [0.1, 0.15) is 49.2 Å². The van der Waals surface area contributed by atoms with Gasteiger partial charge in [0.25, 0.3) is 0 Å². The van der Waals surface area contributed by atoms with Gasteiger partial charge in [0.15, 0.2) is 5.49 Å². The summed E-state index contributed by atoms with van der Waals surface area (Å²) in [6.45, 7) is 6.98. The molecule has 0 unspecified atom stereocenters.